The number of anilines is 1. The number of nitrogens with zero attached hydrogens (tertiary/aromatic N) is 1. The molecule has 1 heterocycles. The number of pyridine rings is 1. The number of carbonyl (C=O) groups is 1. The van der Waals surface area contributed by atoms with Crippen LogP contribution in [0.4, 0.5) is 5.69 Å². The summed E-state index contributed by atoms with van der Waals surface area (Å²) in [6.07, 6.45) is 2.82. The second-order valence-corrected chi connectivity index (χ2v) is 6.15. The van der Waals surface area contributed by atoms with Gasteiger partial charge in [0, 0.05) is 13.1 Å². The van der Waals surface area contributed by atoms with Crippen molar-refractivity contribution in [3.63, 3.8) is 0 Å². The molecule has 1 aromatic heterocycles. The van der Waals surface area contributed by atoms with Crippen LogP contribution in [0, 0.1) is 12.8 Å². The van der Waals surface area contributed by atoms with Crippen molar-refractivity contribution in [1.82, 2.24) is 10.3 Å². The molecule has 0 fully saturated rings. The van der Waals surface area contributed by atoms with Crippen molar-refractivity contribution in [1.29, 1.82) is 0 Å². The van der Waals surface area contributed by atoms with Crippen LogP contribution in [0.25, 0.3) is 0 Å². The highest BCUT2D eigenvalue weighted by atomic mass is 16.1. The van der Waals surface area contributed by atoms with Crippen molar-refractivity contribution in [2.24, 2.45) is 5.92 Å². The second-order valence-electron chi connectivity index (χ2n) is 6.15. The molecular formula is C19H25N3O. The van der Waals surface area contributed by atoms with Gasteiger partial charge in [-0.3, -0.25) is 4.79 Å². The van der Waals surface area contributed by atoms with Crippen LogP contribution >= 0.6 is 0 Å². The van der Waals surface area contributed by atoms with Crippen LogP contribution < -0.4 is 10.6 Å². The molecule has 0 saturated carbocycles. The van der Waals surface area contributed by atoms with Crippen LogP contribution in [0.3, 0.4) is 0 Å². The van der Waals surface area contributed by atoms with Crippen LogP contribution in [-0.2, 0) is 6.54 Å². The number of aryl methyl sites for hydroxylation is 1. The zero-order valence-electron chi connectivity index (χ0n) is 14.1. The van der Waals surface area contributed by atoms with E-state index in [0.717, 1.165) is 24.2 Å². The number of aromatic nitrogens is 1. The topological polar surface area (TPSA) is 54.0 Å². The normalized spacial score (nSPS) is 10.6. The van der Waals surface area contributed by atoms with E-state index >= 15 is 0 Å². The lowest BCUT2D eigenvalue weighted by molar-refractivity contribution is 0.0946. The molecule has 0 spiro atoms. The lowest BCUT2D eigenvalue weighted by atomic mass is 10.1. The van der Waals surface area contributed by atoms with Crippen LogP contribution in [0.2, 0.25) is 0 Å². The summed E-state index contributed by atoms with van der Waals surface area (Å²) < 4.78 is 0. The Morgan fingerprint density at radius 2 is 1.96 bits per heavy atom. The van der Waals surface area contributed by atoms with E-state index in [2.05, 4.69) is 29.5 Å². The molecule has 2 aromatic rings. The smallest absolute Gasteiger partial charge is 0.270 e. The molecule has 0 unspecified atom stereocenters. The monoisotopic (exact) mass is 311 g/mol. The number of benzene rings is 1. The van der Waals surface area contributed by atoms with Crippen molar-refractivity contribution < 1.29 is 4.79 Å². The molecule has 0 radical (unpaired) electrons. The highest BCUT2D eigenvalue weighted by Gasteiger charge is 2.07. The third kappa shape index (κ3) is 5.40. The molecule has 0 saturated heterocycles. The first-order valence-corrected chi connectivity index (χ1v) is 8.09. The van der Waals surface area contributed by atoms with Gasteiger partial charge in [-0.25, -0.2) is 4.98 Å². The Labute approximate surface area is 138 Å². The molecule has 4 heteroatoms. The first-order valence-electron chi connectivity index (χ1n) is 8.09. The number of amides is 1. The standard InChI is InChI=1S/C19H25N3O/c1-14(2)10-11-20-17-8-9-18(21-13-17)19(23)22-12-16-7-5-4-6-15(16)3/h4-9,13-14,20H,10-12H2,1-3H3,(H,22,23). The summed E-state index contributed by atoms with van der Waals surface area (Å²) in [7, 11) is 0. The molecule has 0 aliphatic heterocycles. The molecule has 0 atom stereocenters. The van der Waals surface area contributed by atoms with Crippen molar-refractivity contribution in [2.75, 3.05) is 11.9 Å². The fourth-order valence-corrected chi connectivity index (χ4v) is 2.21. The number of nitrogens with one attached hydrogen (secondary N) is 2. The number of rotatable bonds is 7. The lowest BCUT2D eigenvalue weighted by Crippen LogP contribution is -2.24. The maximum absolute atomic E-state index is 12.1. The number of hydrogen-bond donors (Lipinski definition) is 2. The van der Waals surface area contributed by atoms with E-state index in [-0.39, 0.29) is 5.91 Å². The van der Waals surface area contributed by atoms with Gasteiger partial charge < -0.3 is 10.6 Å². The Hall–Kier alpha value is -2.36. The molecule has 23 heavy (non-hydrogen) atoms. The largest absolute Gasteiger partial charge is 0.384 e. The predicted molar refractivity (Wildman–Crippen MR) is 94.5 cm³/mol. The van der Waals surface area contributed by atoms with Crippen molar-refractivity contribution >= 4 is 11.6 Å². The SMILES string of the molecule is Cc1ccccc1CNC(=O)c1ccc(NCCC(C)C)cn1. The highest BCUT2D eigenvalue weighted by molar-refractivity contribution is 5.92. The number of hydrogen-bond acceptors (Lipinski definition) is 3. The summed E-state index contributed by atoms with van der Waals surface area (Å²) >= 11 is 0. The Morgan fingerprint density at radius 1 is 1.17 bits per heavy atom. The van der Waals surface area contributed by atoms with Gasteiger partial charge in [-0.1, -0.05) is 38.1 Å². The quantitative estimate of drug-likeness (QED) is 0.818. The van der Waals surface area contributed by atoms with Gasteiger partial charge in [-0.15, -0.1) is 0 Å². The Balaban J connectivity index is 1.86. The van der Waals surface area contributed by atoms with Crippen LogP contribution in [0.5, 0.6) is 0 Å². The molecule has 122 valence electrons. The molecule has 4 nitrogen and oxygen atoms in total. The molecule has 2 rings (SSSR count). The summed E-state index contributed by atoms with van der Waals surface area (Å²) in [4.78, 5) is 16.4. The molecule has 1 aromatic carbocycles. The maximum atomic E-state index is 12.1. The Bertz CT molecular complexity index is 635. The van der Waals surface area contributed by atoms with Gasteiger partial charge in [-0.05, 0) is 42.5 Å². The van der Waals surface area contributed by atoms with Crippen molar-refractivity contribution in [3.05, 3.63) is 59.4 Å². The molecular weight excluding hydrogens is 286 g/mol. The third-order valence-corrected chi connectivity index (χ3v) is 3.75. The Kier molecular flexibility index (Phi) is 6.15. The van der Waals surface area contributed by atoms with Crippen molar-refractivity contribution in [2.45, 2.75) is 33.7 Å². The van der Waals surface area contributed by atoms with Crippen LogP contribution in [-0.4, -0.2) is 17.4 Å². The molecule has 2 N–H and O–H groups in total. The van der Waals surface area contributed by atoms with E-state index < -0.39 is 0 Å². The molecule has 1 amide bonds. The van der Waals surface area contributed by atoms with E-state index in [0.29, 0.717) is 18.2 Å². The fraction of sp³-hybridized carbons (Fsp3) is 0.368. The van der Waals surface area contributed by atoms with Gasteiger partial charge >= 0.3 is 0 Å². The van der Waals surface area contributed by atoms with E-state index in [1.807, 2.05) is 37.3 Å². The van der Waals surface area contributed by atoms with Crippen molar-refractivity contribution in [3.8, 4) is 0 Å². The zero-order chi connectivity index (χ0) is 16.7. The van der Waals surface area contributed by atoms with Crippen LogP contribution in [0.1, 0.15) is 41.9 Å². The van der Waals surface area contributed by atoms with E-state index in [9.17, 15) is 4.79 Å². The van der Waals surface area contributed by atoms with Gasteiger partial charge in [0.1, 0.15) is 5.69 Å². The van der Waals surface area contributed by atoms with Gasteiger partial charge in [-0.2, -0.15) is 0 Å². The van der Waals surface area contributed by atoms with E-state index in [1.165, 1.54) is 5.56 Å². The van der Waals surface area contributed by atoms with Gasteiger partial charge in [0.2, 0.25) is 0 Å². The second kappa shape index (κ2) is 8.32. The minimum atomic E-state index is -0.151. The summed E-state index contributed by atoms with van der Waals surface area (Å²) in [6.45, 7) is 7.86. The summed E-state index contributed by atoms with van der Waals surface area (Å²) in [5.41, 5.74) is 3.67. The first kappa shape index (κ1) is 17.0. The fourth-order valence-electron chi connectivity index (χ4n) is 2.21. The minimum absolute atomic E-state index is 0.151. The molecule has 0 bridgehead atoms. The predicted octanol–water partition coefficient (Wildman–Crippen LogP) is 3.78. The van der Waals surface area contributed by atoms with Gasteiger partial charge in [0.05, 0.1) is 11.9 Å². The van der Waals surface area contributed by atoms with Gasteiger partial charge in [0.15, 0.2) is 0 Å². The average molecular weight is 311 g/mol. The maximum Gasteiger partial charge on any atom is 0.270 e. The lowest BCUT2D eigenvalue weighted by Gasteiger charge is -2.09. The van der Waals surface area contributed by atoms with Crippen LogP contribution in [0.15, 0.2) is 42.6 Å². The summed E-state index contributed by atoms with van der Waals surface area (Å²) in [5.74, 6) is 0.518. The zero-order valence-corrected chi connectivity index (χ0v) is 14.1. The highest BCUT2D eigenvalue weighted by Crippen LogP contribution is 2.09. The Morgan fingerprint density at radius 3 is 2.61 bits per heavy atom. The first-order chi connectivity index (χ1) is 11.1. The van der Waals surface area contributed by atoms with E-state index in [1.54, 1.807) is 12.3 Å². The minimum Gasteiger partial charge on any atom is -0.384 e. The number of carbonyl (C=O) groups excluding carboxylic acids is 1. The average Bonchev–Trinajstić information content (AvgIpc) is 2.54. The summed E-state index contributed by atoms with van der Waals surface area (Å²) in [6, 6.07) is 11.7. The van der Waals surface area contributed by atoms with Gasteiger partial charge in [0.25, 0.3) is 5.91 Å². The third-order valence-electron chi connectivity index (χ3n) is 3.75. The van der Waals surface area contributed by atoms with E-state index in [4.69, 9.17) is 0 Å². The summed E-state index contributed by atoms with van der Waals surface area (Å²) in [5, 5.41) is 6.23. The molecule has 0 aliphatic rings. The molecule has 0 aliphatic carbocycles.